The Balaban J connectivity index is 2.04. The van der Waals surface area contributed by atoms with Crippen LogP contribution >= 0.6 is 22.7 Å². The summed E-state index contributed by atoms with van der Waals surface area (Å²) in [5.74, 6) is 0. The van der Waals surface area contributed by atoms with E-state index in [4.69, 9.17) is 5.26 Å². The van der Waals surface area contributed by atoms with Gasteiger partial charge in [-0.3, -0.25) is 4.98 Å². The maximum absolute atomic E-state index is 8.62. The van der Waals surface area contributed by atoms with Crippen molar-refractivity contribution in [3.63, 3.8) is 0 Å². The lowest BCUT2D eigenvalue weighted by molar-refractivity contribution is 1.16. The van der Waals surface area contributed by atoms with E-state index in [1.54, 1.807) is 22.7 Å². The fourth-order valence-electron chi connectivity index (χ4n) is 1.57. The van der Waals surface area contributed by atoms with Crippen LogP contribution in [-0.2, 0) is 6.42 Å². The van der Waals surface area contributed by atoms with E-state index >= 15 is 0 Å². The third kappa shape index (κ3) is 1.93. The molecule has 3 aromatic rings. The molecule has 0 saturated heterocycles. The molecule has 3 rings (SSSR count). The minimum Gasteiger partial charge on any atom is -0.255 e. The van der Waals surface area contributed by atoms with Crippen LogP contribution in [0.5, 0.6) is 0 Å². The molecule has 0 amide bonds. The van der Waals surface area contributed by atoms with E-state index < -0.39 is 0 Å². The molecule has 0 aliphatic carbocycles. The first-order valence-corrected chi connectivity index (χ1v) is 6.78. The summed E-state index contributed by atoms with van der Waals surface area (Å²) in [6.45, 7) is 0. The summed E-state index contributed by atoms with van der Waals surface area (Å²) >= 11 is 3.23. The molecule has 0 radical (unpaired) electrons. The highest BCUT2D eigenvalue weighted by molar-refractivity contribution is 7.17. The van der Waals surface area contributed by atoms with Gasteiger partial charge in [0.15, 0.2) is 0 Å². The summed E-state index contributed by atoms with van der Waals surface area (Å²) in [5.41, 5.74) is 2.88. The first-order chi connectivity index (χ1) is 8.36. The second-order valence-corrected chi connectivity index (χ2v) is 5.31. The molecule has 0 N–H and O–H groups in total. The molecular weight excluding hydrogens is 250 g/mol. The zero-order valence-electron chi connectivity index (χ0n) is 8.75. The predicted molar refractivity (Wildman–Crippen MR) is 70.0 cm³/mol. The number of hydrogen-bond acceptors (Lipinski definition) is 5. The molecule has 17 heavy (non-hydrogen) atoms. The quantitative estimate of drug-likeness (QED) is 0.706. The lowest BCUT2D eigenvalue weighted by atomic mass is 10.3. The number of thiophene rings is 1. The number of aromatic nitrogens is 2. The van der Waals surface area contributed by atoms with Gasteiger partial charge in [0.25, 0.3) is 0 Å². The minimum atomic E-state index is 0.366. The van der Waals surface area contributed by atoms with Crippen LogP contribution in [0.15, 0.2) is 29.1 Å². The fraction of sp³-hybridized carbons (Fsp3) is 0.0833. The van der Waals surface area contributed by atoms with Crippen molar-refractivity contribution < 1.29 is 0 Å². The molecule has 3 nitrogen and oxygen atoms in total. The number of fused-ring (bicyclic) bond motifs is 1. The molecule has 3 heterocycles. The highest BCUT2D eigenvalue weighted by Gasteiger charge is 2.06. The summed E-state index contributed by atoms with van der Waals surface area (Å²) in [6, 6.07) is 6.21. The summed E-state index contributed by atoms with van der Waals surface area (Å²) in [7, 11) is 0. The molecule has 0 unspecified atom stereocenters. The second-order valence-electron chi connectivity index (χ2n) is 3.51. The van der Waals surface area contributed by atoms with Crippen LogP contribution in [0.2, 0.25) is 0 Å². The average Bonchev–Trinajstić information content (AvgIpc) is 2.96. The molecule has 3 aromatic heterocycles. The number of thiazole rings is 1. The van der Waals surface area contributed by atoms with Gasteiger partial charge in [0.05, 0.1) is 28.4 Å². The highest BCUT2D eigenvalue weighted by Crippen LogP contribution is 2.28. The number of hydrogen-bond donors (Lipinski definition) is 0. The largest absolute Gasteiger partial charge is 0.255 e. The Morgan fingerprint density at radius 3 is 3.18 bits per heavy atom. The van der Waals surface area contributed by atoms with Gasteiger partial charge in [-0.25, -0.2) is 4.98 Å². The molecule has 0 aliphatic rings. The smallest absolute Gasteiger partial charge is 0.125 e. The number of pyridine rings is 1. The van der Waals surface area contributed by atoms with Gasteiger partial charge in [0, 0.05) is 17.1 Å². The summed E-state index contributed by atoms with van der Waals surface area (Å²) in [4.78, 5) is 8.81. The van der Waals surface area contributed by atoms with Crippen molar-refractivity contribution in [3.05, 3.63) is 34.8 Å². The topological polar surface area (TPSA) is 49.6 Å². The molecule has 0 aliphatic heterocycles. The zero-order chi connectivity index (χ0) is 11.7. The van der Waals surface area contributed by atoms with Crippen molar-refractivity contribution in [1.82, 2.24) is 9.97 Å². The van der Waals surface area contributed by atoms with Crippen molar-refractivity contribution in [1.29, 1.82) is 5.26 Å². The van der Waals surface area contributed by atoms with E-state index in [1.165, 1.54) is 4.70 Å². The van der Waals surface area contributed by atoms with Crippen LogP contribution in [0.3, 0.4) is 0 Å². The second kappa shape index (κ2) is 4.24. The molecule has 0 fully saturated rings. The molecule has 5 heteroatoms. The van der Waals surface area contributed by atoms with Gasteiger partial charge in [0.2, 0.25) is 0 Å². The molecule has 0 spiro atoms. The Hall–Kier alpha value is -1.77. The van der Waals surface area contributed by atoms with Crippen molar-refractivity contribution >= 4 is 32.9 Å². The van der Waals surface area contributed by atoms with Crippen LogP contribution < -0.4 is 0 Å². The van der Waals surface area contributed by atoms with Crippen molar-refractivity contribution in [2.45, 2.75) is 6.42 Å². The lowest BCUT2D eigenvalue weighted by Gasteiger charge is -1.95. The van der Waals surface area contributed by atoms with Crippen LogP contribution in [0.1, 0.15) is 5.69 Å². The Morgan fingerprint density at radius 2 is 2.29 bits per heavy atom. The van der Waals surface area contributed by atoms with Crippen LogP contribution in [0, 0.1) is 11.3 Å². The molecule has 0 bridgehead atoms. The third-order valence-electron chi connectivity index (χ3n) is 2.36. The normalized spacial score (nSPS) is 10.5. The maximum atomic E-state index is 8.62. The average molecular weight is 257 g/mol. The molecule has 0 aromatic carbocycles. The van der Waals surface area contributed by atoms with E-state index in [-0.39, 0.29) is 0 Å². The van der Waals surface area contributed by atoms with E-state index in [0.29, 0.717) is 6.42 Å². The van der Waals surface area contributed by atoms with Crippen molar-refractivity contribution in [3.8, 4) is 16.6 Å². The minimum absolute atomic E-state index is 0.366. The highest BCUT2D eigenvalue weighted by atomic mass is 32.1. The van der Waals surface area contributed by atoms with Gasteiger partial charge in [-0.15, -0.1) is 22.7 Å². The van der Waals surface area contributed by atoms with Crippen molar-refractivity contribution in [2.24, 2.45) is 0 Å². The van der Waals surface area contributed by atoms with E-state index in [1.807, 2.05) is 23.0 Å². The van der Waals surface area contributed by atoms with Crippen LogP contribution in [0.4, 0.5) is 0 Å². The van der Waals surface area contributed by atoms with Crippen molar-refractivity contribution in [2.75, 3.05) is 0 Å². The van der Waals surface area contributed by atoms with Crippen LogP contribution in [-0.4, -0.2) is 9.97 Å². The van der Waals surface area contributed by atoms with Gasteiger partial charge in [-0.05, 0) is 17.5 Å². The van der Waals surface area contributed by atoms with E-state index in [2.05, 4.69) is 22.1 Å². The SMILES string of the molecule is N#CCc1csc(-c2cnc3ccsc3c2)n1. The van der Waals surface area contributed by atoms with Gasteiger partial charge in [-0.1, -0.05) is 0 Å². The Labute approximate surface area is 106 Å². The first kappa shape index (κ1) is 10.4. The van der Waals surface area contributed by atoms with Gasteiger partial charge in [-0.2, -0.15) is 5.26 Å². The standard InChI is InChI=1S/C12H7N3S2/c13-3-1-9-7-17-12(15-9)8-5-11-10(14-6-8)2-4-16-11/h2,4-7H,1H2. The Bertz CT molecular complexity index is 706. The summed E-state index contributed by atoms with van der Waals surface area (Å²) < 4.78 is 1.17. The third-order valence-corrected chi connectivity index (χ3v) is 4.15. The molecular formula is C12H7N3S2. The van der Waals surface area contributed by atoms with E-state index in [0.717, 1.165) is 21.8 Å². The van der Waals surface area contributed by atoms with Gasteiger partial charge >= 0.3 is 0 Å². The Kier molecular flexibility index (Phi) is 2.59. The van der Waals surface area contributed by atoms with Gasteiger partial charge < -0.3 is 0 Å². The number of nitriles is 1. The maximum Gasteiger partial charge on any atom is 0.125 e. The number of nitrogens with zero attached hydrogens (tertiary/aromatic N) is 3. The zero-order valence-corrected chi connectivity index (χ0v) is 10.4. The molecule has 82 valence electrons. The number of rotatable bonds is 2. The Morgan fingerprint density at radius 1 is 1.35 bits per heavy atom. The van der Waals surface area contributed by atoms with Crippen LogP contribution in [0.25, 0.3) is 20.8 Å². The lowest BCUT2D eigenvalue weighted by Crippen LogP contribution is -1.82. The molecule has 0 saturated carbocycles. The molecule has 0 atom stereocenters. The van der Waals surface area contributed by atoms with E-state index in [9.17, 15) is 0 Å². The first-order valence-electron chi connectivity index (χ1n) is 5.02. The monoisotopic (exact) mass is 257 g/mol. The summed E-state index contributed by atoms with van der Waals surface area (Å²) in [5, 5.41) is 13.5. The van der Waals surface area contributed by atoms with Gasteiger partial charge in [0.1, 0.15) is 5.01 Å². The fourth-order valence-corrected chi connectivity index (χ4v) is 3.15. The summed E-state index contributed by atoms with van der Waals surface area (Å²) in [6.07, 6.45) is 2.20. The predicted octanol–water partition coefficient (Wildman–Crippen LogP) is 3.49.